The number of benzene rings is 2. The number of ether oxygens (including phenoxy) is 1. The maximum Gasteiger partial charge on any atom is 0.260 e. The van der Waals surface area contributed by atoms with E-state index in [1.54, 1.807) is 24.3 Å². The highest BCUT2D eigenvalue weighted by atomic mass is 79.9. The Labute approximate surface area is 172 Å². The van der Waals surface area contributed by atoms with Crippen LogP contribution in [0.5, 0.6) is 5.75 Å². The molecule has 0 bridgehead atoms. The van der Waals surface area contributed by atoms with Gasteiger partial charge in [-0.25, -0.2) is 0 Å². The van der Waals surface area contributed by atoms with Gasteiger partial charge in [0, 0.05) is 16.6 Å². The molecule has 148 valence electrons. The molecule has 7 heteroatoms. The fraction of sp³-hybridized carbons (Fsp3) is 0.333. The lowest BCUT2D eigenvalue weighted by molar-refractivity contribution is -0.131. The van der Waals surface area contributed by atoms with Crippen molar-refractivity contribution in [3.63, 3.8) is 0 Å². The third-order valence-corrected chi connectivity index (χ3v) is 5.09. The Hall–Kier alpha value is -2.22. The predicted octanol–water partition coefficient (Wildman–Crippen LogP) is 2.74. The first-order valence-electron chi connectivity index (χ1n) is 9.22. The van der Waals surface area contributed by atoms with Crippen LogP contribution < -0.4 is 10.1 Å². The smallest absolute Gasteiger partial charge is 0.260 e. The summed E-state index contributed by atoms with van der Waals surface area (Å²) in [6.07, 6.45) is -0.290. The van der Waals surface area contributed by atoms with Gasteiger partial charge in [0.1, 0.15) is 5.75 Å². The van der Waals surface area contributed by atoms with Crippen molar-refractivity contribution in [2.45, 2.75) is 32.0 Å². The van der Waals surface area contributed by atoms with Crippen molar-refractivity contribution in [1.82, 2.24) is 10.2 Å². The Kier molecular flexibility index (Phi) is 6.83. The van der Waals surface area contributed by atoms with Crippen LogP contribution in [0.4, 0.5) is 0 Å². The first-order valence-corrected chi connectivity index (χ1v) is 10.0. The van der Waals surface area contributed by atoms with Crippen molar-refractivity contribution in [1.29, 1.82) is 0 Å². The van der Waals surface area contributed by atoms with E-state index in [4.69, 9.17) is 4.74 Å². The topological polar surface area (TPSA) is 78.9 Å². The van der Waals surface area contributed by atoms with E-state index in [0.29, 0.717) is 30.9 Å². The van der Waals surface area contributed by atoms with E-state index in [-0.39, 0.29) is 12.5 Å². The zero-order chi connectivity index (χ0) is 20.1. The summed E-state index contributed by atoms with van der Waals surface area (Å²) in [7, 11) is 0. The second-order valence-corrected chi connectivity index (χ2v) is 7.58. The minimum Gasteiger partial charge on any atom is -0.494 e. The number of carbonyl (C=O) groups excluding carboxylic acids is 2. The average Bonchev–Trinajstić information content (AvgIpc) is 3.13. The number of aliphatic hydroxyl groups is 1. The molecular formula is C21H23BrN2O4. The van der Waals surface area contributed by atoms with E-state index in [1.807, 2.05) is 31.2 Å². The van der Waals surface area contributed by atoms with Gasteiger partial charge < -0.3 is 15.2 Å². The standard InChI is InChI=1S/C21H23BrN2O4/c1-2-28-18-5-3-4-15(10-18)20(26)24(13-14-6-8-16(22)9-7-14)21(27)19-11-17(25)12-23-19/h3-10,17,19,23,25H,2,11-13H2,1H3/t17-,19+/m1/s1. The van der Waals surface area contributed by atoms with Crippen molar-refractivity contribution in [3.05, 3.63) is 64.1 Å². The molecule has 6 nitrogen and oxygen atoms in total. The number of hydrogen-bond donors (Lipinski definition) is 2. The fourth-order valence-electron chi connectivity index (χ4n) is 3.16. The van der Waals surface area contributed by atoms with Gasteiger partial charge in [-0.3, -0.25) is 14.5 Å². The maximum atomic E-state index is 13.2. The number of aliphatic hydroxyl groups excluding tert-OH is 1. The summed E-state index contributed by atoms with van der Waals surface area (Å²) in [5.41, 5.74) is 1.22. The molecule has 3 rings (SSSR count). The normalized spacial score (nSPS) is 18.7. The van der Waals surface area contributed by atoms with Crippen molar-refractivity contribution in [2.75, 3.05) is 13.2 Å². The third kappa shape index (κ3) is 4.98. The summed E-state index contributed by atoms with van der Waals surface area (Å²) < 4.78 is 6.40. The lowest BCUT2D eigenvalue weighted by Crippen LogP contribution is -2.46. The fourth-order valence-corrected chi connectivity index (χ4v) is 3.42. The largest absolute Gasteiger partial charge is 0.494 e. The Morgan fingerprint density at radius 3 is 2.64 bits per heavy atom. The molecule has 0 saturated carbocycles. The highest BCUT2D eigenvalue weighted by molar-refractivity contribution is 9.10. The number of hydrogen-bond acceptors (Lipinski definition) is 5. The van der Waals surface area contributed by atoms with E-state index in [1.165, 1.54) is 4.90 Å². The van der Waals surface area contributed by atoms with Crippen molar-refractivity contribution in [3.8, 4) is 5.75 Å². The van der Waals surface area contributed by atoms with Crippen LogP contribution in [0.15, 0.2) is 53.0 Å². The van der Waals surface area contributed by atoms with E-state index in [0.717, 1.165) is 10.0 Å². The molecule has 0 radical (unpaired) electrons. The molecule has 1 aliphatic rings. The van der Waals surface area contributed by atoms with Crippen LogP contribution in [0.3, 0.4) is 0 Å². The summed E-state index contributed by atoms with van der Waals surface area (Å²) in [6, 6.07) is 13.7. The van der Waals surface area contributed by atoms with E-state index >= 15 is 0 Å². The quantitative estimate of drug-likeness (QED) is 0.666. The van der Waals surface area contributed by atoms with Crippen LogP contribution in [0.25, 0.3) is 0 Å². The minimum absolute atomic E-state index is 0.151. The Morgan fingerprint density at radius 1 is 1.25 bits per heavy atom. The monoisotopic (exact) mass is 446 g/mol. The Balaban J connectivity index is 1.88. The van der Waals surface area contributed by atoms with Gasteiger partial charge in [0.25, 0.3) is 5.91 Å². The predicted molar refractivity (Wildman–Crippen MR) is 109 cm³/mol. The third-order valence-electron chi connectivity index (χ3n) is 4.56. The van der Waals surface area contributed by atoms with Crippen LogP contribution in [-0.4, -0.2) is 47.1 Å². The molecule has 1 aliphatic heterocycles. The van der Waals surface area contributed by atoms with Gasteiger partial charge in [-0.1, -0.05) is 34.1 Å². The van der Waals surface area contributed by atoms with E-state index in [2.05, 4.69) is 21.2 Å². The van der Waals surface area contributed by atoms with Gasteiger partial charge in [0.2, 0.25) is 5.91 Å². The van der Waals surface area contributed by atoms with Crippen molar-refractivity contribution < 1.29 is 19.4 Å². The lowest BCUT2D eigenvalue weighted by Gasteiger charge is -2.24. The SMILES string of the molecule is CCOc1cccc(C(=O)N(Cc2ccc(Br)cc2)C(=O)[C@@H]2C[C@@H](O)CN2)c1. The first kappa shape index (κ1) is 20.5. The van der Waals surface area contributed by atoms with Crippen LogP contribution in [0.2, 0.25) is 0 Å². The summed E-state index contributed by atoms with van der Waals surface area (Å²) in [5, 5.41) is 12.8. The van der Waals surface area contributed by atoms with Gasteiger partial charge in [-0.05, 0) is 49.2 Å². The summed E-state index contributed by atoms with van der Waals surface area (Å²) in [4.78, 5) is 27.5. The molecule has 0 spiro atoms. The van der Waals surface area contributed by atoms with Crippen molar-refractivity contribution in [2.24, 2.45) is 0 Å². The minimum atomic E-state index is -0.583. The number of nitrogens with one attached hydrogen (secondary N) is 1. The second-order valence-electron chi connectivity index (χ2n) is 6.67. The molecule has 28 heavy (non-hydrogen) atoms. The number of rotatable bonds is 6. The molecule has 0 unspecified atom stereocenters. The van der Waals surface area contributed by atoms with Crippen LogP contribution in [0.1, 0.15) is 29.3 Å². The molecule has 2 aromatic rings. The van der Waals surface area contributed by atoms with Crippen LogP contribution >= 0.6 is 15.9 Å². The summed E-state index contributed by atoms with van der Waals surface area (Å²) in [5.74, 6) is -0.150. The highest BCUT2D eigenvalue weighted by Gasteiger charge is 2.34. The van der Waals surface area contributed by atoms with Gasteiger partial charge in [0.15, 0.2) is 0 Å². The Bertz CT molecular complexity index is 841. The molecule has 2 amide bonds. The molecule has 0 aromatic heterocycles. The van der Waals surface area contributed by atoms with Crippen LogP contribution in [0, 0.1) is 0 Å². The van der Waals surface area contributed by atoms with Crippen molar-refractivity contribution >= 4 is 27.7 Å². The molecule has 1 heterocycles. The van der Waals surface area contributed by atoms with Crippen LogP contribution in [-0.2, 0) is 11.3 Å². The van der Waals surface area contributed by atoms with E-state index < -0.39 is 18.1 Å². The number of β-amino-alcohol motifs (C(OH)–C–C–N with tert-alkyl or cyclic N) is 1. The first-order chi connectivity index (χ1) is 13.5. The zero-order valence-corrected chi connectivity index (χ0v) is 17.2. The molecule has 0 aliphatic carbocycles. The maximum absolute atomic E-state index is 13.2. The second kappa shape index (κ2) is 9.32. The van der Waals surface area contributed by atoms with Gasteiger partial charge >= 0.3 is 0 Å². The number of amides is 2. The zero-order valence-electron chi connectivity index (χ0n) is 15.6. The number of halogens is 1. The number of imide groups is 1. The molecule has 1 saturated heterocycles. The molecule has 1 fully saturated rings. The molecule has 2 N–H and O–H groups in total. The van der Waals surface area contributed by atoms with Gasteiger partial charge in [0.05, 0.1) is 25.3 Å². The van der Waals surface area contributed by atoms with E-state index in [9.17, 15) is 14.7 Å². The van der Waals surface area contributed by atoms with Gasteiger partial charge in [-0.2, -0.15) is 0 Å². The number of nitrogens with zero attached hydrogens (tertiary/aromatic N) is 1. The molecule has 2 aromatic carbocycles. The molecule has 2 atom stereocenters. The highest BCUT2D eigenvalue weighted by Crippen LogP contribution is 2.20. The van der Waals surface area contributed by atoms with Gasteiger partial charge in [-0.15, -0.1) is 0 Å². The Morgan fingerprint density at radius 2 is 2.00 bits per heavy atom. The summed E-state index contributed by atoms with van der Waals surface area (Å²) in [6.45, 7) is 2.85. The molecular weight excluding hydrogens is 424 g/mol. The summed E-state index contributed by atoms with van der Waals surface area (Å²) >= 11 is 3.39. The number of carbonyl (C=O) groups is 2. The average molecular weight is 447 g/mol. The lowest BCUT2D eigenvalue weighted by atomic mass is 10.1.